The first-order valence-corrected chi connectivity index (χ1v) is 8.41. The van der Waals surface area contributed by atoms with E-state index < -0.39 is 5.97 Å². The monoisotopic (exact) mass is 372 g/mol. The van der Waals surface area contributed by atoms with E-state index in [1.165, 1.54) is 20.3 Å². The Morgan fingerprint density at radius 1 is 1.22 bits per heavy atom. The van der Waals surface area contributed by atoms with Gasteiger partial charge >= 0.3 is 5.97 Å². The SMILES string of the molecule is COC(=O)c1ccc(COc2ccc(/C=N\NC(=O)C3CC3)cc2OC)o1. The number of hydrazone groups is 1. The minimum atomic E-state index is -0.545. The van der Waals surface area contributed by atoms with Gasteiger partial charge in [0, 0.05) is 5.92 Å². The largest absolute Gasteiger partial charge is 0.493 e. The maximum Gasteiger partial charge on any atom is 0.373 e. The molecule has 3 rings (SSSR count). The van der Waals surface area contributed by atoms with Crippen LogP contribution in [0, 0.1) is 5.92 Å². The average Bonchev–Trinajstić information content (AvgIpc) is 3.44. The second-order valence-electron chi connectivity index (χ2n) is 5.97. The van der Waals surface area contributed by atoms with Crippen LogP contribution >= 0.6 is 0 Å². The molecule has 0 bridgehead atoms. The molecule has 1 aliphatic rings. The van der Waals surface area contributed by atoms with E-state index in [2.05, 4.69) is 15.3 Å². The fourth-order valence-corrected chi connectivity index (χ4v) is 2.31. The molecule has 0 radical (unpaired) electrons. The maximum atomic E-state index is 11.5. The Labute approximate surface area is 156 Å². The third-order valence-electron chi connectivity index (χ3n) is 3.94. The molecule has 142 valence electrons. The summed E-state index contributed by atoms with van der Waals surface area (Å²) in [5.74, 6) is 1.11. The molecule has 8 heteroatoms. The first-order valence-electron chi connectivity index (χ1n) is 8.41. The van der Waals surface area contributed by atoms with E-state index >= 15 is 0 Å². The number of hydrogen-bond donors (Lipinski definition) is 1. The summed E-state index contributed by atoms with van der Waals surface area (Å²) in [5, 5.41) is 3.95. The number of methoxy groups -OCH3 is 2. The van der Waals surface area contributed by atoms with Crippen LogP contribution in [0.4, 0.5) is 0 Å². The zero-order valence-electron chi connectivity index (χ0n) is 15.1. The van der Waals surface area contributed by atoms with Crippen molar-refractivity contribution in [2.24, 2.45) is 11.0 Å². The number of furan rings is 1. The number of nitrogens with zero attached hydrogens (tertiary/aromatic N) is 1. The lowest BCUT2D eigenvalue weighted by Crippen LogP contribution is -2.18. The Bertz CT molecular complexity index is 854. The van der Waals surface area contributed by atoms with E-state index in [1.54, 1.807) is 30.5 Å². The molecule has 1 saturated carbocycles. The van der Waals surface area contributed by atoms with Crippen molar-refractivity contribution in [3.63, 3.8) is 0 Å². The summed E-state index contributed by atoms with van der Waals surface area (Å²) >= 11 is 0. The standard InChI is InChI=1S/C19H20N2O6/c1-24-17-9-12(10-20-21-18(22)13-4-5-13)3-7-15(17)26-11-14-6-8-16(27-14)19(23)25-2/h3,6-10,13H,4-5,11H2,1-2H3,(H,21,22)/b20-10-. The van der Waals surface area contributed by atoms with Crippen molar-refractivity contribution in [1.82, 2.24) is 5.43 Å². The molecule has 1 heterocycles. The maximum absolute atomic E-state index is 11.5. The summed E-state index contributed by atoms with van der Waals surface area (Å²) in [4.78, 5) is 22.9. The molecule has 0 spiro atoms. The van der Waals surface area contributed by atoms with Gasteiger partial charge in [-0.15, -0.1) is 0 Å². The third kappa shape index (κ3) is 4.87. The number of ether oxygens (including phenoxy) is 3. The minimum absolute atomic E-state index is 0.0528. The summed E-state index contributed by atoms with van der Waals surface area (Å²) in [7, 11) is 2.81. The van der Waals surface area contributed by atoms with E-state index in [0.29, 0.717) is 17.3 Å². The van der Waals surface area contributed by atoms with Crippen molar-refractivity contribution >= 4 is 18.1 Å². The van der Waals surface area contributed by atoms with Crippen LogP contribution in [-0.4, -0.2) is 32.3 Å². The van der Waals surface area contributed by atoms with E-state index in [1.807, 2.05) is 0 Å². The van der Waals surface area contributed by atoms with Crippen LogP contribution in [0.5, 0.6) is 11.5 Å². The first kappa shape index (κ1) is 18.5. The zero-order valence-corrected chi connectivity index (χ0v) is 15.1. The predicted octanol–water partition coefficient (Wildman–Crippen LogP) is 2.51. The topological polar surface area (TPSA) is 99.4 Å². The molecule has 0 unspecified atom stereocenters. The molecular formula is C19H20N2O6. The predicted molar refractivity (Wildman–Crippen MR) is 95.8 cm³/mol. The number of carbonyl (C=O) groups excluding carboxylic acids is 2. The van der Waals surface area contributed by atoms with Gasteiger partial charge in [0.15, 0.2) is 11.5 Å². The lowest BCUT2D eigenvalue weighted by molar-refractivity contribution is -0.122. The molecule has 1 fully saturated rings. The Kier molecular flexibility index (Phi) is 5.75. The molecule has 0 atom stereocenters. The van der Waals surface area contributed by atoms with Gasteiger partial charge in [-0.25, -0.2) is 10.2 Å². The average molecular weight is 372 g/mol. The number of nitrogens with one attached hydrogen (secondary N) is 1. The van der Waals surface area contributed by atoms with Crippen LogP contribution in [-0.2, 0) is 16.1 Å². The Morgan fingerprint density at radius 2 is 2.04 bits per heavy atom. The van der Waals surface area contributed by atoms with Gasteiger partial charge in [-0.05, 0) is 48.7 Å². The van der Waals surface area contributed by atoms with Crippen molar-refractivity contribution in [1.29, 1.82) is 0 Å². The Hall–Kier alpha value is -3.29. The highest BCUT2D eigenvalue weighted by atomic mass is 16.5. The summed E-state index contributed by atoms with van der Waals surface area (Å²) in [6, 6.07) is 8.42. The van der Waals surface area contributed by atoms with E-state index in [0.717, 1.165) is 18.4 Å². The lowest BCUT2D eigenvalue weighted by Gasteiger charge is -2.10. The van der Waals surface area contributed by atoms with Crippen molar-refractivity contribution in [2.75, 3.05) is 14.2 Å². The highest BCUT2D eigenvalue weighted by Gasteiger charge is 2.29. The Balaban J connectivity index is 1.60. The van der Waals surface area contributed by atoms with Crippen LogP contribution in [0.15, 0.2) is 39.9 Å². The molecule has 27 heavy (non-hydrogen) atoms. The fraction of sp³-hybridized carbons (Fsp3) is 0.316. The number of esters is 1. The molecule has 0 saturated heterocycles. The van der Waals surface area contributed by atoms with E-state index in [4.69, 9.17) is 13.9 Å². The highest BCUT2D eigenvalue weighted by molar-refractivity contribution is 5.86. The Morgan fingerprint density at radius 3 is 2.74 bits per heavy atom. The van der Waals surface area contributed by atoms with Crippen molar-refractivity contribution in [3.8, 4) is 11.5 Å². The second-order valence-corrected chi connectivity index (χ2v) is 5.97. The third-order valence-corrected chi connectivity index (χ3v) is 3.94. The van der Waals surface area contributed by atoms with Gasteiger partial charge in [0.05, 0.1) is 20.4 Å². The molecule has 1 aromatic carbocycles. The van der Waals surface area contributed by atoms with Crippen LogP contribution in [0.25, 0.3) is 0 Å². The smallest absolute Gasteiger partial charge is 0.373 e. The molecule has 2 aromatic rings. The highest BCUT2D eigenvalue weighted by Crippen LogP contribution is 2.29. The number of amides is 1. The fourth-order valence-electron chi connectivity index (χ4n) is 2.31. The van der Waals surface area contributed by atoms with Gasteiger partial charge < -0.3 is 18.6 Å². The molecule has 1 amide bonds. The lowest BCUT2D eigenvalue weighted by atomic mass is 10.2. The summed E-state index contributed by atoms with van der Waals surface area (Å²) in [6.07, 6.45) is 3.40. The van der Waals surface area contributed by atoms with E-state index in [-0.39, 0.29) is 24.2 Å². The molecular weight excluding hydrogens is 352 g/mol. The van der Waals surface area contributed by atoms with Gasteiger partial charge in [0.1, 0.15) is 12.4 Å². The van der Waals surface area contributed by atoms with Crippen molar-refractivity contribution < 1.29 is 28.2 Å². The van der Waals surface area contributed by atoms with Gasteiger partial charge in [-0.2, -0.15) is 5.10 Å². The van der Waals surface area contributed by atoms with Crippen LogP contribution in [0.1, 0.15) is 34.7 Å². The quantitative estimate of drug-likeness (QED) is 0.434. The van der Waals surface area contributed by atoms with Crippen molar-refractivity contribution in [3.05, 3.63) is 47.4 Å². The van der Waals surface area contributed by atoms with Crippen molar-refractivity contribution in [2.45, 2.75) is 19.4 Å². The number of hydrogen-bond acceptors (Lipinski definition) is 7. The minimum Gasteiger partial charge on any atom is -0.493 e. The van der Waals surface area contributed by atoms with Crippen LogP contribution < -0.4 is 14.9 Å². The van der Waals surface area contributed by atoms with E-state index in [9.17, 15) is 9.59 Å². The van der Waals surface area contributed by atoms with Gasteiger partial charge in [0.25, 0.3) is 0 Å². The normalized spacial score (nSPS) is 13.4. The first-order chi connectivity index (χ1) is 13.1. The molecule has 8 nitrogen and oxygen atoms in total. The second kappa shape index (κ2) is 8.39. The zero-order chi connectivity index (χ0) is 19.2. The van der Waals surface area contributed by atoms with Crippen LogP contribution in [0.3, 0.4) is 0 Å². The van der Waals surface area contributed by atoms with Gasteiger partial charge in [-0.3, -0.25) is 4.79 Å². The van der Waals surface area contributed by atoms with Gasteiger partial charge in [-0.1, -0.05) is 0 Å². The number of rotatable bonds is 8. The van der Waals surface area contributed by atoms with Gasteiger partial charge in [0.2, 0.25) is 11.7 Å². The van der Waals surface area contributed by atoms with Crippen LogP contribution in [0.2, 0.25) is 0 Å². The molecule has 1 aromatic heterocycles. The summed E-state index contributed by atoms with van der Waals surface area (Å²) < 4.78 is 21.0. The number of benzene rings is 1. The number of carbonyl (C=O) groups is 2. The molecule has 1 N–H and O–H groups in total. The molecule has 1 aliphatic carbocycles. The summed E-state index contributed by atoms with van der Waals surface area (Å²) in [6.45, 7) is 0.123. The molecule has 0 aliphatic heterocycles. The summed E-state index contributed by atoms with van der Waals surface area (Å²) in [5.41, 5.74) is 3.27.